The van der Waals surface area contributed by atoms with E-state index in [2.05, 4.69) is 9.31 Å². The Bertz CT molecular complexity index is 2320. The van der Waals surface area contributed by atoms with Crippen molar-refractivity contribution in [2.45, 2.75) is 27.7 Å². The molecule has 0 radical (unpaired) electrons. The first kappa shape index (κ1) is 59.6. The molecule has 0 saturated heterocycles. The maximum absolute atomic E-state index is 12.5. The number of benzene rings is 6. The van der Waals surface area contributed by atoms with E-state index >= 15 is 0 Å². The van der Waals surface area contributed by atoms with Crippen LogP contribution in [0.3, 0.4) is 0 Å². The minimum absolute atomic E-state index is 0.0949. The highest BCUT2D eigenvalue weighted by Crippen LogP contribution is 2.15. The average Bonchev–Trinajstić information content (AvgIpc) is 3.30. The van der Waals surface area contributed by atoms with E-state index in [4.69, 9.17) is 39.8 Å². The van der Waals surface area contributed by atoms with E-state index in [1.165, 1.54) is 73.7 Å². The molecular weight excluding hydrogens is 890 g/mol. The third-order valence-corrected chi connectivity index (χ3v) is 8.05. The third-order valence-electron chi connectivity index (χ3n) is 8.05. The molecule has 0 spiro atoms. The average molecular weight is 940 g/mol. The molecule has 6 rings (SSSR count). The van der Waals surface area contributed by atoms with Gasteiger partial charge in [0, 0.05) is 12.4 Å². The second-order valence-electron chi connectivity index (χ2n) is 14.5. The van der Waals surface area contributed by atoms with E-state index in [1.807, 2.05) is 18.2 Å². The second-order valence-corrected chi connectivity index (χ2v) is 14.5. The molecule has 0 aliphatic rings. The number of hydrogen-bond donors (Lipinski definition) is 9. The fourth-order valence-electron chi connectivity index (χ4n) is 4.54. The van der Waals surface area contributed by atoms with E-state index in [9.17, 15) is 37.6 Å². The van der Waals surface area contributed by atoms with E-state index < -0.39 is 71.7 Å². The van der Waals surface area contributed by atoms with Crippen molar-refractivity contribution in [2.75, 3.05) is 0 Å². The van der Waals surface area contributed by atoms with Crippen molar-refractivity contribution < 1.29 is 86.7 Å². The van der Waals surface area contributed by atoms with Crippen LogP contribution in [0.5, 0.6) is 0 Å². The Hall–Kier alpha value is -6.45. The van der Waals surface area contributed by atoms with Crippen LogP contribution in [0.1, 0.15) is 27.7 Å². The SMILES string of the molecule is CC(=O)OB(O)c1ccccc1.CC(C)(C)C(=O)OB(O)c1ccccc1.O=COB(O)c1ccccc1.OB(O)c1ccc(F)cc1.OB(O)c1cccc(F)c1.OB(O)c1ccccc1F. The Labute approximate surface area is 393 Å². The van der Waals surface area contributed by atoms with Gasteiger partial charge >= 0.3 is 42.7 Å². The van der Waals surface area contributed by atoms with Gasteiger partial charge in [0.15, 0.2) is 0 Å². The topological polar surface area (TPSA) is 261 Å². The number of carbonyl (C=O) groups excluding carboxylic acids is 3. The highest BCUT2D eigenvalue weighted by Gasteiger charge is 2.29. The molecule has 6 aromatic carbocycles. The Morgan fingerprint density at radius 2 is 0.882 bits per heavy atom. The highest BCUT2D eigenvalue weighted by molar-refractivity contribution is 6.62. The van der Waals surface area contributed by atoms with Crippen molar-refractivity contribution in [3.63, 3.8) is 0 Å². The van der Waals surface area contributed by atoms with Gasteiger partial charge in [-0.25, -0.2) is 13.2 Å². The Morgan fingerprint density at radius 3 is 1.24 bits per heavy atom. The quantitative estimate of drug-likeness (QED) is 0.0588. The van der Waals surface area contributed by atoms with Crippen molar-refractivity contribution in [1.82, 2.24) is 0 Å². The Morgan fingerprint density at radius 1 is 0.471 bits per heavy atom. The summed E-state index contributed by atoms with van der Waals surface area (Å²) in [4.78, 5) is 31.7. The summed E-state index contributed by atoms with van der Waals surface area (Å²) in [7, 11) is -8.30. The molecule has 9 N–H and O–H groups in total. The summed E-state index contributed by atoms with van der Waals surface area (Å²) in [5.41, 5.74) is 1.49. The molecule has 0 heterocycles. The second kappa shape index (κ2) is 32.3. The zero-order valence-corrected chi connectivity index (χ0v) is 37.2. The monoisotopic (exact) mass is 940 g/mol. The molecule has 354 valence electrons. The first-order valence-corrected chi connectivity index (χ1v) is 20.1. The fourth-order valence-corrected chi connectivity index (χ4v) is 4.54. The Balaban J connectivity index is 0.000000411. The molecule has 0 atom stereocenters. The zero-order valence-electron chi connectivity index (χ0n) is 37.2. The summed E-state index contributed by atoms with van der Waals surface area (Å²) < 4.78 is 50.8. The minimum Gasteiger partial charge on any atom is -0.508 e. The third kappa shape index (κ3) is 25.5. The first-order valence-electron chi connectivity index (χ1n) is 20.1. The Kier molecular flexibility index (Phi) is 28.3. The number of halogens is 3. The van der Waals surface area contributed by atoms with Crippen LogP contribution in [-0.4, -0.2) is 106 Å². The van der Waals surface area contributed by atoms with Crippen LogP contribution in [0.25, 0.3) is 0 Å². The van der Waals surface area contributed by atoms with Gasteiger partial charge in [-0.05, 0) is 78.4 Å². The molecule has 0 unspecified atom stereocenters. The van der Waals surface area contributed by atoms with Crippen molar-refractivity contribution in [1.29, 1.82) is 0 Å². The number of hydrogen-bond acceptors (Lipinski definition) is 15. The normalized spacial score (nSPS) is 9.65. The summed E-state index contributed by atoms with van der Waals surface area (Å²) in [5, 5.41) is 79.1. The van der Waals surface area contributed by atoms with Crippen LogP contribution in [0, 0.1) is 22.9 Å². The molecule has 15 nitrogen and oxygen atoms in total. The smallest absolute Gasteiger partial charge is 0.508 e. The summed E-state index contributed by atoms with van der Waals surface area (Å²) in [6.45, 7) is 6.71. The van der Waals surface area contributed by atoms with Gasteiger partial charge in [0.1, 0.15) is 17.5 Å². The van der Waals surface area contributed by atoms with E-state index in [-0.39, 0.29) is 23.2 Å². The minimum atomic E-state index is -1.72. The number of carbonyl (C=O) groups is 3. The van der Waals surface area contributed by atoms with Crippen LogP contribution in [-0.2, 0) is 28.3 Å². The molecule has 0 aliphatic carbocycles. The number of rotatable bonds is 10. The van der Waals surface area contributed by atoms with Crippen molar-refractivity contribution in [3.05, 3.63) is 181 Å². The molecule has 0 aromatic heterocycles. The van der Waals surface area contributed by atoms with E-state index in [1.54, 1.807) is 93.6 Å². The van der Waals surface area contributed by atoms with Crippen molar-refractivity contribution in [3.8, 4) is 0 Å². The van der Waals surface area contributed by atoms with Gasteiger partial charge in [0.2, 0.25) is 0 Å². The van der Waals surface area contributed by atoms with Crippen LogP contribution in [0.15, 0.2) is 164 Å². The lowest BCUT2D eigenvalue weighted by Crippen LogP contribution is -2.39. The lowest BCUT2D eigenvalue weighted by atomic mass is 9.79. The molecule has 0 saturated carbocycles. The van der Waals surface area contributed by atoms with Crippen LogP contribution in [0.2, 0.25) is 0 Å². The van der Waals surface area contributed by atoms with Gasteiger partial charge < -0.3 is 59.2 Å². The lowest BCUT2D eigenvalue weighted by Gasteiger charge is -2.18. The van der Waals surface area contributed by atoms with E-state index in [0.29, 0.717) is 21.9 Å². The van der Waals surface area contributed by atoms with E-state index in [0.717, 1.165) is 6.07 Å². The zero-order chi connectivity index (χ0) is 51.2. The molecule has 6 aromatic rings. The maximum Gasteiger partial charge on any atom is 0.561 e. The lowest BCUT2D eigenvalue weighted by molar-refractivity contribution is -0.144. The first-order chi connectivity index (χ1) is 32.1. The fraction of sp³-hybridized carbons (Fsp3) is 0.114. The van der Waals surface area contributed by atoms with Gasteiger partial charge in [-0.1, -0.05) is 133 Å². The van der Waals surface area contributed by atoms with Crippen molar-refractivity contribution in [2.24, 2.45) is 5.41 Å². The highest BCUT2D eigenvalue weighted by atomic mass is 19.1. The molecule has 0 fully saturated rings. The summed E-state index contributed by atoms with van der Waals surface area (Å²) in [6, 6.07) is 41.9. The molecule has 0 aliphatic heterocycles. The van der Waals surface area contributed by atoms with Gasteiger partial charge in [-0.3, -0.25) is 14.4 Å². The van der Waals surface area contributed by atoms with Gasteiger partial charge in [-0.2, -0.15) is 0 Å². The molecule has 0 amide bonds. The largest absolute Gasteiger partial charge is 0.561 e. The summed E-state index contributed by atoms with van der Waals surface area (Å²) in [6.07, 6.45) is 0. The summed E-state index contributed by atoms with van der Waals surface area (Å²) in [5.74, 6) is -2.36. The maximum atomic E-state index is 12.5. The predicted octanol–water partition coefficient (Wildman–Crippen LogP) is -1.04. The molecule has 68 heavy (non-hydrogen) atoms. The molecule has 24 heteroatoms. The summed E-state index contributed by atoms with van der Waals surface area (Å²) >= 11 is 0. The molecular formula is C44H49B6F3O15. The van der Waals surface area contributed by atoms with Gasteiger partial charge in [-0.15, -0.1) is 0 Å². The van der Waals surface area contributed by atoms with Crippen LogP contribution >= 0.6 is 0 Å². The van der Waals surface area contributed by atoms with Crippen LogP contribution in [0.4, 0.5) is 13.2 Å². The van der Waals surface area contributed by atoms with Crippen molar-refractivity contribution >= 4 is 93.9 Å². The predicted molar refractivity (Wildman–Crippen MR) is 255 cm³/mol. The van der Waals surface area contributed by atoms with Gasteiger partial charge in [0.05, 0.1) is 5.41 Å². The van der Waals surface area contributed by atoms with Crippen LogP contribution < -0.4 is 32.8 Å². The molecule has 0 bridgehead atoms. The van der Waals surface area contributed by atoms with Gasteiger partial charge in [0.25, 0.3) is 18.4 Å². The standard InChI is InChI=1S/C11H15BO3.C8H9BO3.C7H7BO3.3C6H6BFO2/c1-11(2,3)10(13)15-12(14)9-7-5-4-6-8-9;1-7(10)12-9(11)8-5-3-2-4-6-8;9-6-11-8(10)7-4-2-1-3-5-7;8-6-3-1-5(2-4-6)7(9)10;8-6-3-1-2-5(4-6)7(9)10;8-6-4-2-1-3-5(6)7(9)10/h4-8,14H,1-3H3;2-6,11H,1H3;1-6,10H;3*1-4,9-10H.